The number of hydrogen-bond acceptors (Lipinski definition) is 30. The van der Waals surface area contributed by atoms with Crippen LogP contribution in [0.4, 0.5) is 9.59 Å². The minimum absolute atomic E-state index is 0.00775. The summed E-state index contributed by atoms with van der Waals surface area (Å²) < 4.78 is 65.1. The monoisotopic (exact) mass is 1450 g/mol. The van der Waals surface area contributed by atoms with Crippen molar-refractivity contribution in [2.75, 3.05) is 106 Å². The highest BCUT2D eigenvalue weighted by atomic mass is 32.2. The van der Waals surface area contributed by atoms with E-state index in [2.05, 4.69) is 89.6 Å². The second-order valence-electron chi connectivity index (χ2n) is 25.1. The third-order valence-electron chi connectivity index (χ3n) is 15.8. The molecule has 0 aromatic carbocycles. The van der Waals surface area contributed by atoms with Crippen LogP contribution in [0.5, 0.6) is 0 Å². The number of thiol groups is 6. The summed E-state index contributed by atoms with van der Waals surface area (Å²) in [5, 5.41) is 0.504. The predicted molar refractivity (Wildman–Crippen MR) is 369 cm³/mol. The van der Waals surface area contributed by atoms with Crippen molar-refractivity contribution in [1.82, 2.24) is 0 Å². The van der Waals surface area contributed by atoms with Crippen LogP contribution in [-0.2, 0) is 95.2 Å². The summed E-state index contributed by atoms with van der Waals surface area (Å²) in [4.78, 5) is 127. The van der Waals surface area contributed by atoms with Crippen molar-refractivity contribution in [2.24, 2.45) is 46.3 Å². The van der Waals surface area contributed by atoms with E-state index in [1.807, 2.05) is 41.5 Å². The fourth-order valence-electron chi connectivity index (χ4n) is 10.7. The first-order chi connectivity index (χ1) is 43.5. The molecule has 8 unspecified atom stereocenters. The Labute approximate surface area is 585 Å². The van der Waals surface area contributed by atoms with E-state index in [1.54, 1.807) is 23.5 Å². The zero-order valence-electron chi connectivity index (χ0n) is 54.7. The lowest BCUT2D eigenvalue weighted by Gasteiger charge is -2.31. The molecule has 0 heterocycles. The van der Waals surface area contributed by atoms with Crippen LogP contribution in [-0.4, -0.2) is 187 Å². The molecule has 0 spiro atoms. The summed E-state index contributed by atoms with van der Waals surface area (Å²) in [7, 11) is 0. The molecule has 22 nitrogen and oxygen atoms in total. The molecule has 0 N–H and O–H groups in total. The third kappa shape index (κ3) is 35.0. The van der Waals surface area contributed by atoms with Crippen molar-refractivity contribution in [2.45, 2.75) is 173 Å². The molecule has 0 amide bonds. The maximum atomic E-state index is 13.8. The average molecular weight is 1460 g/mol. The minimum Gasteiger partial charge on any atom is -0.465 e. The molecule has 2 fully saturated rings. The fraction of sp³-hybridized carbons (Fsp3) is 0.839. The molecule has 0 radical (unpaired) electrons. The molecule has 30 heteroatoms. The van der Waals surface area contributed by atoms with Crippen LogP contribution in [0.25, 0.3) is 0 Å². The van der Waals surface area contributed by atoms with Crippen LogP contribution in [0.15, 0.2) is 0 Å². The fourth-order valence-corrected chi connectivity index (χ4v) is 14.5. The minimum atomic E-state index is -1.44. The van der Waals surface area contributed by atoms with E-state index < -0.39 is 123 Å². The van der Waals surface area contributed by atoms with Gasteiger partial charge in [0.2, 0.25) is 0 Å². The number of hydrogen-bond donors (Lipinski definition) is 6. The average Bonchev–Trinajstić information content (AvgIpc) is 1.45. The normalized spacial score (nSPS) is 19.0. The van der Waals surface area contributed by atoms with Gasteiger partial charge in [-0.05, 0) is 109 Å². The van der Waals surface area contributed by atoms with Gasteiger partial charge in [-0.25, -0.2) is 9.59 Å². The number of carbonyl (C=O) groups excluding carboxylic acids is 10. The predicted octanol–water partition coefficient (Wildman–Crippen LogP) is 10.6. The summed E-state index contributed by atoms with van der Waals surface area (Å²) in [6, 6.07) is 0. The molecule has 0 aromatic heterocycles. The summed E-state index contributed by atoms with van der Waals surface area (Å²) in [5.74, 6) is -1.73. The van der Waals surface area contributed by atoms with E-state index in [1.165, 1.54) is 0 Å². The third-order valence-corrected chi connectivity index (χ3v) is 20.0. The van der Waals surface area contributed by atoms with Gasteiger partial charge < -0.3 is 56.8 Å². The lowest BCUT2D eigenvalue weighted by atomic mass is 9.85. The summed E-state index contributed by atoms with van der Waals surface area (Å²) >= 11 is 27.3. The van der Waals surface area contributed by atoms with Crippen molar-refractivity contribution in [1.29, 1.82) is 0 Å². The van der Waals surface area contributed by atoms with Crippen LogP contribution < -0.4 is 0 Å². The SMILES string of the molecule is CC(CC1CC(C)C(SCCC(=O)OCC(COC(=O)CCS)(COC(=O)CCS)COC(=O)OCS)C1)C(=O)OC(C)(C)CCCCOC(C)(C)C(=O)C(C)CC1CC(C)C(SCCC(=O)OCC(COC(=O)CCS)(COC(=O)CCS)COC(=O)OCS)C1. The van der Waals surface area contributed by atoms with Gasteiger partial charge in [0.25, 0.3) is 0 Å². The molecule has 530 valence electrons. The van der Waals surface area contributed by atoms with Gasteiger partial charge in [0.1, 0.15) is 86.8 Å². The highest BCUT2D eigenvalue weighted by molar-refractivity contribution is 8.00. The molecule has 2 rings (SSSR count). The number of ether oxygens (including phenoxy) is 12. The topological polar surface area (TPSA) is 281 Å². The van der Waals surface area contributed by atoms with E-state index in [4.69, 9.17) is 56.8 Å². The van der Waals surface area contributed by atoms with Crippen LogP contribution in [0.3, 0.4) is 0 Å². The van der Waals surface area contributed by atoms with E-state index in [0.29, 0.717) is 68.0 Å². The highest BCUT2D eigenvalue weighted by Crippen LogP contribution is 2.44. The largest absolute Gasteiger partial charge is 0.509 e. The Morgan fingerprint density at radius 1 is 0.446 bits per heavy atom. The first-order valence-electron chi connectivity index (χ1n) is 31.3. The second-order valence-corrected chi connectivity index (χ2v) is 30.1. The molecular formula is C62H102O22S8. The molecule has 2 aliphatic carbocycles. The van der Waals surface area contributed by atoms with Gasteiger partial charge in [0, 0.05) is 57.5 Å². The number of thioether (sulfide) groups is 2. The van der Waals surface area contributed by atoms with Gasteiger partial charge in [0.05, 0.1) is 44.4 Å². The number of rotatable bonds is 48. The molecule has 2 aliphatic rings. The number of esters is 7. The number of ketones is 1. The van der Waals surface area contributed by atoms with Crippen LogP contribution in [0, 0.1) is 46.3 Å². The van der Waals surface area contributed by atoms with E-state index in [0.717, 1.165) is 25.7 Å². The zero-order valence-corrected chi connectivity index (χ0v) is 61.7. The van der Waals surface area contributed by atoms with Gasteiger partial charge in [-0.3, -0.25) is 38.4 Å². The summed E-state index contributed by atoms with van der Waals surface area (Å²) in [5.41, 5.74) is -4.61. The lowest BCUT2D eigenvalue weighted by molar-refractivity contribution is -0.168. The van der Waals surface area contributed by atoms with Crippen molar-refractivity contribution in [3.63, 3.8) is 0 Å². The Kier molecular flexibility index (Phi) is 42.4. The zero-order chi connectivity index (χ0) is 68.9. The van der Waals surface area contributed by atoms with Gasteiger partial charge >= 0.3 is 54.1 Å². The number of unbranched alkanes of at least 4 members (excludes halogenated alkanes) is 1. The molecule has 2 saturated carbocycles. The Bertz CT molecular complexity index is 2180. The van der Waals surface area contributed by atoms with E-state index in [-0.39, 0.29) is 113 Å². The van der Waals surface area contributed by atoms with Crippen molar-refractivity contribution < 1.29 is 105 Å². The second kappa shape index (κ2) is 45.7. The van der Waals surface area contributed by atoms with Crippen molar-refractivity contribution in [3.05, 3.63) is 0 Å². The maximum absolute atomic E-state index is 13.8. The first kappa shape index (κ1) is 85.3. The maximum Gasteiger partial charge on any atom is 0.509 e. The van der Waals surface area contributed by atoms with Gasteiger partial charge in [-0.1, -0.05) is 27.7 Å². The summed E-state index contributed by atoms with van der Waals surface area (Å²) in [6.45, 7) is 12.7. The smallest absolute Gasteiger partial charge is 0.465 e. The first-order valence-corrected chi connectivity index (χ1v) is 37.2. The Morgan fingerprint density at radius 3 is 1.13 bits per heavy atom. The van der Waals surface area contributed by atoms with Crippen molar-refractivity contribution in [3.8, 4) is 0 Å². The Hall–Kier alpha value is -2.74. The molecule has 92 heavy (non-hydrogen) atoms. The van der Waals surface area contributed by atoms with Crippen LogP contribution in [0.1, 0.15) is 152 Å². The standard InChI is InChI=1S/C62H102O22S8/c1-41-25-45(29-47(41)91-23-15-53(67)77-35-61(31-73-49(63)11-19-85,32-74-50(64)12-20-86)37-79-57(71)81-39-89)27-43(3)55(69)60(7,8)83-18-10-9-17-59(5,6)84-56(70)44(4)28-46-26-42(2)48(30-46)92-24-16-54(68)78-36-62(33-75-51(65)13-21-87,34-76-52(66)14-22-88)38-80-58(72)82-40-90/h41-48,85-90H,9-40H2,1-8H3. The molecule has 0 bridgehead atoms. The van der Waals surface area contributed by atoms with E-state index >= 15 is 0 Å². The molecule has 0 aliphatic heterocycles. The molecular weight excluding hydrogens is 1350 g/mol. The van der Waals surface area contributed by atoms with Gasteiger partial charge in [-0.15, -0.1) is 25.3 Å². The Morgan fingerprint density at radius 2 is 0.783 bits per heavy atom. The highest BCUT2D eigenvalue weighted by Gasteiger charge is 2.42. The van der Waals surface area contributed by atoms with Gasteiger partial charge in [0.15, 0.2) is 5.78 Å². The molecule has 0 aromatic rings. The number of Topliss-reactive ketones (excluding diaryl/α,β-unsaturated/α-hetero) is 1. The Balaban J connectivity index is 1.82. The van der Waals surface area contributed by atoms with E-state index in [9.17, 15) is 47.9 Å². The lowest BCUT2D eigenvalue weighted by Crippen LogP contribution is -2.44. The van der Waals surface area contributed by atoms with Crippen LogP contribution in [0.2, 0.25) is 0 Å². The molecule has 0 saturated heterocycles. The van der Waals surface area contributed by atoms with Gasteiger partial charge in [-0.2, -0.15) is 74.0 Å². The molecule has 8 atom stereocenters. The van der Waals surface area contributed by atoms with Crippen molar-refractivity contribution >= 4 is 159 Å². The number of carbonyl (C=O) groups is 10. The quantitative estimate of drug-likeness (QED) is 0.0109. The summed E-state index contributed by atoms with van der Waals surface area (Å²) in [6.07, 6.45) is 4.91. The van der Waals surface area contributed by atoms with Crippen LogP contribution >= 0.6 is 99.3 Å².